The lowest BCUT2D eigenvalue weighted by Gasteiger charge is -2.36. The number of ether oxygens (including phenoxy) is 2. The zero-order chi connectivity index (χ0) is 21.3. The quantitative estimate of drug-likeness (QED) is 0.432. The molecule has 0 bridgehead atoms. The van der Waals surface area contributed by atoms with Crippen LogP contribution in [0.25, 0.3) is 6.08 Å². The van der Waals surface area contributed by atoms with Crippen molar-refractivity contribution < 1.29 is 19.4 Å². The minimum atomic E-state index is -0.525. The molecule has 4 heteroatoms. The highest BCUT2D eigenvalue weighted by Crippen LogP contribution is 2.31. The highest BCUT2D eigenvalue weighted by molar-refractivity contribution is 5.87. The molecule has 4 nitrogen and oxygen atoms in total. The summed E-state index contributed by atoms with van der Waals surface area (Å²) in [5.74, 6) is 0.326. The van der Waals surface area contributed by atoms with Gasteiger partial charge in [-0.05, 0) is 42.2 Å². The first-order valence-electron chi connectivity index (χ1n) is 10.2. The molecule has 0 saturated heterocycles. The molecule has 1 N–H and O–H groups in total. The van der Waals surface area contributed by atoms with Gasteiger partial charge in [-0.3, -0.25) is 0 Å². The number of hydrogen-bond acceptors (Lipinski definition) is 4. The predicted octanol–water partition coefficient (Wildman–Crippen LogP) is 5.40. The third kappa shape index (κ3) is 6.75. The summed E-state index contributed by atoms with van der Waals surface area (Å²) >= 11 is 0. The molecular weight excluding hydrogens is 364 g/mol. The molecule has 0 unspecified atom stereocenters. The second-order valence-electron chi connectivity index (χ2n) is 7.76. The van der Waals surface area contributed by atoms with Crippen LogP contribution in [-0.2, 0) is 16.1 Å². The van der Waals surface area contributed by atoms with Gasteiger partial charge >= 0.3 is 5.97 Å². The summed E-state index contributed by atoms with van der Waals surface area (Å²) in [6.07, 6.45) is 3.53. The van der Waals surface area contributed by atoms with Gasteiger partial charge in [-0.1, -0.05) is 70.2 Å². The lowest BCUT2D eigenvalue weighted by Crippen LogP contribution is -2.42. The Morgan fingerprint density at radius 3 is 2.45 bits per heavy atom. The second kappa shape index (κ2) is 10.8. The van der Waals surface area contributed by atoms with E-state index in [0.29, 0.717) is 19.4 Å². The SMILES string of the molecule is CC[C@H](O)C(C)(C)[C@@H](CC)OC(=O)C=Cc1cccc(OCc2ccccc2)c1. The van der Waals surface area contributed by atoms with Gasteiger partial charge in [-0.2, -0.15) is 0 Å². The lowest BCUT2D eigenvalue weighted by atomic mass is 9.78. The van der Waals surface area contributed by atoms with Gasteiger partial charge in [-0.15, -0.1) is 0 Å². The minimum Gasteiger partial charge on any atom is -0.489 e. The Morgan fingerprint density at radius 2 is 1.79 bits per heavy atom. The van der Waals surface area contributed by atoms with Crippen molar-refractivity contribution in [2.75, 3.05) is 0 Å². The number of esters is 1. The third-order valence-corrected chi connectivity index (χ3v) is 5.22. The van der Waals surface area contributed by atoms with Crippen LogP contribution < -0.4 is 4.74 Å². The predicted molar refractivity (Wildman–Crippen MR) is 116 cm³/mol. The van der Waals surface area contributed by atoms with E-state index >= 15 is 0 Å². The molecule has 2 aromatic rings. The van der Waals surface area contributed by atoms with E-state index < -0.39 is 17.5 Å². The highest BCUT2D eigenvalue weighted by Gasteiger charge is 2.36. The molecule has 0 spiro atoms. The monoisotopic (exact) mass is 396 g/mol. The third-order valence-electron chi connectivity index (χ3n) is 5.22. The smallest absolute Gasteiger partial charge is 0.331 e. The fourth-order valence-corrected chi connectivity index (χ4v) is 3.29. The van der Waals surface area contributed by atoms with Crippen molar-refractivity contribution in [1.29, 1.82) is 0 Å². The van der Waals surface area contributed by atoms with Crippen LogP contribution in [0.3, 0.4) is 0 Å². The van der Waals surface area contributed by atoms with Crippen molar-refractivity contribution in [2.24, 2.45) is 5.41 Å². The van der Waals surface area contributed by atoms with Gasteiger partial charge in [0.25, 0.3) is 0 Å². The van der Waals surface area contributed by atoms with Crippen molar-refractivity contribution in [3.05, 3.63) is 71.8 Å². The molecule has 0 radical (unpaired) electrons. The van der Waals surface area contributed by atoms with Gasteiger partial charge in [0, 0.05) is 11.5 Å². The maximum Gasteiger partial charge on any atom is 0.331 e. The Bertz CT molecular complexity index is 795. The first kappa shape index (κ1) is 22.7. The van der Waals surface area contributed by atoms with E-state index in [1.807, 2.05) is 82.3 Å². The summed E-state index contributed by atoms with van der Waals surface area (Å²) in [5, 5.41) is 10.2. The standard InChI is InChI=1S/C25H32O4/c1-5-22(26)25(3,4)23(6-2)29-24(27)16-15-19-13-10-14-21(17-19)28-18-20-11-8-7-9-12-20/h7-17,22-23,26H,5-6,18H2,1-4H3/t22-,23+/m0/s1. The maximum absolute atomic E-state index is 12.3. The van der Waals surface area contributed by atoms with E-state index in [1.54, 1.807) is 6.08 Å². The molecule has 2 atom stereocenters. The number of hydrogen-bond donors (Lipinski definition) is 1. The van der Waals surface area contributed by atoms with E-state index in [0.717, 1.165) is 16.9 Å². The van der Waals surface area contributed by atoms with E-state index in [1.165, 1.54) is 6.08 Å². The van der Waals surface area contributed by atoms with Crippen LogP contribution in [0, 0.1) is 5.41 Å². The normalized spacial score (nSPS) is 13.8. The zero-order valence-corrected chi connectivity index (χ0v) is 17.8. The number of benzene rings is 2. The van der Waals surface area contributed by atoms with Crippen LogP contribution in [0.4, 0.5) is 0 Å². The van der Waals surface area contributed by atoms with Crippen LogP contribution in [0.5, 0.6) is 5.75 Å². The zero-order valence-electron chi connectivity index (χ0n) is 17.8. The molecule has 2 rings (SSSR count). The Morgan fingerprint density at radius 1 is 1.07 bits per heavy atom. The Kier molecular flexibility index (Phi) is 8.47. The van der Waals surface area contributed by atoms with Crippen molar-refractivity contribution in [1.82, 2.24) is 0 Å². The van der Waals surface area contributed by atoms with E-state index in [4.69, 9.17) is 9.47 Å². The average Bonchev–Trinajstić information content (AvgIpc) is 2.74. The van der Waals surface area contributed by atoms with Crippen LogP contribution in [-0.4, -0.2) is 23.3 Å². The number of carbonyl (C=O) groups excluding carboxylic acids is 1. The van der Waals surface area contributed by atoms with Gasteiger partial charge in [0.1, 0.15) is 18.5 Å². The minimum absolute atomic E-state index is 0.352. The molecule has 0 fully saturated rings. The summed E-state index contributed by atoms with van der Waals surface area (Å²) < 4.78 is 11.5. The van der Waals surface area contributed by atoms with E-state index in [-0.39, 0.29) is 6.10 Å². The molecule has 2 aromatic carbocycles. The number of aliphatic hydroxyl groups excluding tert-OH is 1. The number of carbonyl (C=O) groups is 1. The number of rotatable bonds is 10. The largest absolute Gasteiger partial charge is 0.489 e. The Hall–Kier alpha value is -2.59. The molecule has 0 aliphatic rings. The average molecular weight is 397 g/mol. The van der Waals surface area contributed by atoms with Crippen molar-refractivity contribution in [2.45, 2.75) is 59.4 Å². The summed E-state index contributed by atoms with van der Waals surface area (Å²) in [6, 6.07) is 17.5. The molecule has 29 heavy (non-hydrogen) atoms. The first-order valence-corrected chi connectivity index (χ1v) is 10.2. The lowest BCUT2D eigenvalue weighted by molar-refractivity contribution is -0.155. The second-order valence-corrected chi connectivity index (χ2v) is 7.76. The van der Waals surface area contributed by atoms with Gasteiger partial charge < -0.3 is 14.6 Å². The van der Waals surface area contributed by atoms with Crippen LogP contribution in [0.15, 0.2) is 60.7 Å². The van der Waals surface area contributed by atoms with Crippen molar-refractivity contribution in [3.63, 3.8) is 0 Å². The summed E-state index contributed by atoms with van der Waals surface area (Å²) in [7, 11) is 0. The van der Waals surface area contributed by atoms with E-state index in [2.05, 4.69) is 0 Å². The van der Waals surface area contributed by atoms with E-state index in [9.17, 15) is 9.90 Å². The summed E-state index contributed by atoms with van der Waals surface area (Å²) in [6.45, 7) is 8.23. The molecule has 0 aromatic heterocycles. The van der Waals surface area contributed by atoms with Gasteiger partial charge in [0.2, 0.25) is 0 Å². The molecule has 0 saturated carbocycles. The first-order chi connectivity index (χ1) is 13.9. The topological polar surface area (TPSA) is 55.8 Å². The van der Waals surface area contributed by atoms with Crippen LogP contribution >= 0.6 is 0 Å². The van der Waals surface area contributed by atoms with Crippen LogP contribution in [0.1, 0.15) is 51.7 Å². The summed E-state index contributed by atoms with van der Waals surface area (Å²) in [4.78, 5) is 12.3. The highest BCUT2D eigenvalue weighted by atomic mass is 16.5. The molecule has 0 aliphatic carbocycles. The molecule has 0 aliphatic heterocycles. The van der Waals surface area contributed by atoms with Crippen molar-refractivity contribution >= 4 is 12.0 Å². The summed E-state index contributed by atoms with van der Waals surface area (Å²) in [5.41, 5.74) is 1.45. The Balaban J connectivity index is 1.97. The van der Waals surface area contributed by atoms with Crippen LogP contribution in [0.2, 0.25) is 0 Å². The molecular formula is C25H32O4. The van der Waals surface area contributed by atoms with Gasteiger partial charge in [-0.25, -0.2) is 4.79 Å². The van der Waals surface area contributed by atoms with Gasteiger partial charge in [0.05, 0.1) is 6.10 Å². The molecule has 156 valence electrons. The molecule has 0 amide bonds. The fraction of sp³-hybridized carbons (Fsp3) is 0.400. The number of aliphatic hydroxyl groups is 1. The molecule has 0 heterocycles. The van der Waals surface area contributed by atoms with Crippen molar-refractivity contribution in [3.8, 4) is 5.75 Å². The Labute approximate surface area is 174 Å². The maximum atomic E-state index is 12.3. The fourth-order valence-electron chi connectivity index (χ4n) is 3.29. The van der Waals surface area contributed by atoms with Gasteiger partial charge in [0.15, 0.2) is 0 Å².